The lowest BCUT2D eigenvalue weighted by Crippen LogP contribution is -2.54. The van der Waals surface area contributed by atoms with Crippen LogP contribution in [0.15, 0.2) is 42.5 Å². The first kappa shape index (κ1) is 14.2. The summed E-state index contributed by atoms with van der Waals surface area (Å²) in [6, 6.07) is 14.1. The predicted octanol–water partition coefficient (Wildman–Crippen LogP) is 3.13. The molecule has 0 amide bonds. The van der Waals surface area contributed by atoms with Crippen LogP contribution in [-0.2, 0) is 4.74 Å². The first-order valence-corrected chi connectivity index (χ1v) is 7.45. The van der Waals surface area contributed by atoms with Gasteiger partial charge in [-0.2, -0.15) is 0 Å². The van der Waals surface area contributed by atoms with Crippen LogP contribution in [0.25, 0.3) is 10.8 Å². The second-order valence-corrected chi connectivity index (χ2v) is 6.05. The van der Waals surface area contributed by atoms with Gasteiger partial charge in [0, 0.05) is 18.7 Å². The summed E-state index contributed by atoms with van der Waals surface area (Å²) in [5, 5.41) is 2.28. The van der Waals surface area contributed by atoms with E-state index in [-0.39, 0.29) is 5.78 Å². The number of morpholine rings is 1. The number of carbonyl (C=O) groups excluding carboxylic acids is 1. The van der Waals surface area contributed by atoms with E-state index in [1.165, 1.54) is 5.39 Å². The first-order valence-electron chi connectivity index (χ1n) is 7.45. The average molecular weight is 283 g/mol. The van der Waals surface area contributed by atoms with Gasteiger partial charge in [0.15, 0.2) is 5.78 Å². The van der Waals surface area contributed by atoms with Crippen LogP contribution in [-0.4, -0.2) is 42.5 Å². The summed E-state index contributed by atoms with van der Waals surface area (Å²) < 4.78 is 5.39. The van der Waals surface area contributed by atoms with E-state index < -0.39 is 5.54 Å². The minimum absolute atomic E-state index is 0.176. The van der Waals surface area contributed by atoms with E-state index in [1.807, 2.05) is 50.2 Å². The fourth-order valence-electron chi connectivity index (χ4n) is 2.95. The summed E-state index contributed by atoms with van der Waals surface area (Å²) in [4.78, 5) is 15.1. The van der Waals surface area contributed by atoms with E-state index in [0.717, 1.165) is 24.0 Å². The highest BCUT2D eigenvalue weighted by Crippen LogP contribution is 2.24. The number of hydrogen-bond acceptors (Lipinski definition) is 3. The number of carbonyl (C=O) groups is 1. The highest BCUT2D eigenvalue weighted by atomic mass is 16.5. The fraction of sp³-hybridized carbons (Fsp3) is 0.389. The Labute approximate surface area is 125 Å². The second-order valence-electron chi connectivity index (χ2n) is 6.05. The van der Waals surface area contributed by atoms with E-state index in [1.54, 1.807) is 0 Å². The quantitative estimate of drug-likeness (QED) is 0.811. The van der Waals surface area contributed by atoms with Gasteiger partial charge in [0.25, 0.3) is 0 Å². The summed E-state index contributed by atoms with van der Waals surface area (Å²) in [5.41, 5.74) is 0.289. The molecule has 2 aromatic rings. The second kappa shape index (κ2) is 5.58. The molecule has 2 aromatic carbocycles. The van der Waals surface area contributed by atoms with Crippen molar-refractivity contribution in [3.63, 3.8) is 0 Å². The van der Waals surface area contributed by atoms with Gasteiger partial charge in [0.1, 0.15) is 0 Å². The van der Waals surface area contributed by atoms with Crippen molar-refractivity contribution >= 4 is 16.6 Å². The summed E-state index contributed by atoms with van der Waals surface area (Å²) in [7, 11) is 0. The molecule has 3 rings (SSSR count). The van der Waals surface area contributed by atoms with Gasteiger partial charge in [-0.1, -0.05) is 36.4 Å². The van der Waals surface area contributed by atoms with Gasteiger partial charge in [-0.15, -0.1) is 0 Å². The maximum Gasteiger partial charge on any atom is 0.182 e. The molecular weight excluding hydrogens is 262 g/mol. The normalized spacial score (nSPS) is 17.0. The molecule has 0 aromatic heterocycles. The third-order valence-corrected chi connectivity index (χ3v) is 4.37. The lowest BCUT2D eigenvalue weighted by molar-refractivity contribution is -0.00429. The molecule has 1 aliphatic rings. The fourth-order valence-corrected chi connectivity index (χ4v) is 2.95. The Hall–Kier alpha value is -1.71. The summed E-state index contributed by atoms with van der Waals surface area (Å²) >= 11 is 0. The highest BCUT2D eigenvalue weighted by molar-refractivity contribution is 6.05. The number of ketones is 1. The molecule has 0 atom stereocenters. The Kier molecular flexibility index (Phi) is 3.79. The van der Waals surface area contributed by atoms with Crippen LogP contribution in [0.2, 0.25) is 0 Å². The lowest BCUT2D eigenvalue weighted by Gasteiger charge is -2.39. The number of rotatable bonds is 3. The van der Waals surface area contributed by atoms with Crippen molar-refractivity contribution in [2.75, 3.05) is 26.3 Å². The minimum Gasteiger partial charge on any atom is -0.379 e. The average Bonchev–Trinajstić information content (AvgIpc) is 2.54. The van der Waals surface area contributed by atoms with Gasteiger partial charge < -0.3 is 4.74 Å². The number of ether oxygens (including phenoxy) is 1. The predicted molar refractivity (Wildman–Crippen MR) is 84.7 cm³/mol. The molecular formula is C18H21NO2. The van der Waals surface area contributed by atoms with Crippen LogP contribution in [0.5, 0.6) is 0 Å². The number of benzene rings is 2. The Bertz CT molecular complexity index is 657. The Morgan fingerprint density at radius 1 is 1.05 bits per heavy atom. The topological polar surface area (TPSA) is 29.5 Å². The van der Waals surface area contributed by atoms with Crippen LogP contribution >= 0.6 is 0 Å². The summed E-state index contributed by atoms with van der Waals surface area (Å²) in [6.45, 7) is 7.05. The van der Waals surface area contributed by atoms with Crippen LogP contribution in [0.4, 0.5) is 0 Å². The number of Topliss-reactive ketones (excluding diaryl/α,β-unsaturated/α-hetero) is 1. The standard InChI is InChI=1S/C18H21NO2/c1-18(2,19-9-11-21-12-10-19)17(20)16-8-7-14-5-3-4-6-15(14)13-16/h3-8,13H,9-12H2,1-2H3. The van der Waals surface area contributed by atoms with E-state index in [0.29, 0.717) is 13.2 Å². The zero-order chi connectivity index (χ0) is 14.9. The van der Waals surface area contributed by atoms with Crippen LogP contribution in [0, 0.1) is 0 Å². The van der Waals surface area contributed by atoms with Crippen molar-refractivity contribution in [3.8, 4) is 0 Å². The van der Waals surface area contributed by atoms with Crippen LogP contribution in [0.3, 0.4) is 0 Å². The van der Waals surface area contributed by atoms with E-state index in [2.05, 4.69) is 11.0 Å². The first-order chi connectivity index (χ1) is 10.1. The van der Waals surface area contributed by atoms with Gasteiger partial charge in [0.05, 0.1) is 18.8 Å². The van der Waals surface area contributed by atoms with Crippen molar-refractivity contribution in [2.45, 2.75) is 19.4 Å². The van der Waals surface area contributed by atoms with Crippen LogP contribution in [0.1, 0.15) is 24.2 Å². The van der Waals surface area contributed by atoms with E-state index >= 15 is 0 Å². The molecule has 0 aliphatic carbocycles. The molecule has 0 N–H and O–H groups in total. The third kappa shape index (κ3) is 2.71. The number of fused-ring (bicyclic) bond motifs is 1. The number of hydrogen-bond donors (Lipinski definition) is 0. The summed E-state index contributed by atoms with van der Waals surface area (Å²) in [5.74, 6) is 0.176. The Morgan fingerprint density at radius 3 is 2.43 bits per heavy atom. The van der Waals surface area contributed by atoms with Gasteiger partial charge >= 0.3 is 0 Å². The molecule has 0 saturated carbocycles. The van der Waals surface area contributed by atoms with Crippen molar-refractivity contribution in [2.24, 2.45) is 0 Å². The molecule has 1 aliphatic heterocycles. The molecule has 0 bridgehead atoms. The van der Waals surface area contributed by atoms with Gasteiger partial charge in [-0.05, 0) is 30.7 Å². The van der Waals surface area contributed by atoms with E-state index in [9.17, 15) is 4.79 Å². The third-order valence-electron chi connectivity index (χ3n) is 4.37. The smallest absolute Gasteiger partial charge is 0.182 e. The molecule has 3 heteroatoms. The maximum absolute atomic E-state index is 12.9. The monoisotopic (exact) mass is 283 g/mol. The van der Waals surface area contributed by atoms with Gasteiger partial charge in [0.2, 0.25) is 0 Å². The van der Waals surface area contributed by atoms with Gasteiger partial charge in [-0.25, -0.2) is 0 Å². The van der Waals surface area contributed by atoms with Crippen LogP contribution < -0.4 is 0 Å². The summed E-state index contributed by atoms with van der Waals surface area (Å²) in [6.07, 6.45) is 0. The zero-order valence-electron chi connectivity index (χ0n) is 12.6. The molecule has 21 heavy (non-hydrogen) atoms. The van der Waals surface area contributed by atoms with Crippen molar-refractivity contribution < 1.29 is 9.53 Å². The Balaban J connectivity index is 1.91. The zero-order valence-corrected chi connectivity index (χ0v) is 12.6. The van der Waals surface area contributed by atoms with E-state index in [4.69, 9.17) is 4.74 Å². The highest BCUT2D eigenvalue weighted by Gasteiger charge is 2.35. The molecule has 1 saturated heterocycles. The largest absolute Gasteiger partial charge is 0.379 e. The molecule has 1 fully saturated rings. The maximum atomic E-state index is 12.9. The van der Waals surface area contributed by atoms with Crippen molar-refractivity contribution in [1.82, 2.24) is 4.90 Å². The molecule has 0 spiro atoms. The minimum atomic E-state index is -0.494. The molecule has 110 valence electrons. The molecule has 3 nitrogen and oxygen atoms in total. The SMILES string of the molecule is CC(C)(C(=O)c1ccc2ccccc2c1)N1CCOCC1. The molecule has 0 radical (unpaired) electrons. The van der Waals surface area contributed by atoms with Gasteiger partial charge in [-0.3, -0.25) is 9.69 Å². The number of nitrogens with zero attached hydrogens (tertiary/aromatic N) is 1. The lowest BCUT2D eigenvalue weighted by atomic mass is 9.90. The van der Waals surface area contributed by atoms with Crippen molar-refractivity contribution in [3.05, 3.63) is 48.0 Å². The van der Waals surface area contributed by atoms with Crippen molar-refractivity contribution in [1.29, 1.82) is 0 Å². The molecule has 0 unspecified atom stereocenters. The molecule has 1 heterocycles. The Morgan fingerprint density at radius 2 is 1.71 bits per heavy atom.